The first kappa shape index (κ1) is 20.7. The predicted octanol–water partition coefficient (Wildman–Crippen LogP) is 5.41. The van der Waals surface area contributed by atoms with Crippen molar-refractivity contribution in [2.45, 2.75) is 0 Å². The quantitative estimate of drug-likeness (QED) is 0.313. The molecular formula is C21H14ClN3O5S. The molecule has 1 saturated heterocycles. The molecule has 0 atom stereocenters. The van der Waals surface area contributed by atoms with Crippen molar-refractivity contribution in [3.63, 3.8) is 0 Å². The number of methoxy groups -OCH3 is 1. The number of carbonyl (C=O) groups excluding carboxylic acids is 1. The van der Waals surface area contributed by atoms with Crippen molar-refractivity contribution in [2.75, 3.05) is 7.11 Å². The molecule has 0 unspecified atom stereocenters. The van der Waals surface area contributed by atoms with Gasteiger partial charge in [0.15, 0.2) is 5.17 Å². The lowest BCUT2D eigenvalue weighted by Crippen LogP contribution is -2.19. The van der Waals surface area contributed by atoms with Crippen molar-refractivity contribution >= 4 is 51.9 Å². The van der Waals surface area contributed by atoms with Crippen LogP contribution in [-0.2, 0) is 4.79 Å². The van der Waals surface area contributed by atoms with Gasteiger partial charge in [0.1, 0.15) is 23.0 Å². The van der Waals surface area contributed by atoms with Gasteiger partial charge >= 0.3 is 0 Å². The molecule has 2 aromatic carbocycles. The van der Waals surface area contributed by atoms with Crippen LogP contribution in [0.1, 0.15) is 5.76 Å². The van der Waals surface area contributed by atoms with Crippen LogP contribution in [-0.4, -0.2) is 23.1 Å². The molecule has 1 aliphatic heterocycles. The maximum atomic E-state index is 12.3. The van der Waals surface area contributed by atoms with E-state index >= 15 is 0 Å². The molecule has 1 N–H and O–H groups in total. The first-order chi connectivity index (χ1) is 14.9. The van der Waals surface area contributed by atoms with Gasteiger partial charge in [0.05, 0.1) is 22.0 Å². The van der Waals surface area contributed by atoms with Crippen molar-refractivity contribution < 1.29 is 18.9 Å². The van der Waals surface area contributed by atoms with Crippen LogP contribution in [0.25, 0.3) is 17.4 Å². The summed E-state index contributed by atoms with van der Waals surface area (Å²) < 4.78 is 11.0. The Bertz CT molecular complexity index is 1250. The number of nitro benzene ring substituents is 1. The second-order valence-corrected chi connectivity index (χ2v) is 7.71. The van der Waals surface area contributed by atoms with Crippen LogP contribution in [0.15, 0.2) is 68.9 Å². The van der Waals surface area contributed by atoms with E-state index in [0.29, 0.717) is 38.6 Å². The summed E-state index contributed by atoms with van der Waals surface area (Å²) in [5, 5.41) is 14.2. The van der Waals surface area contributed by atoms with Crippen LogP contribution >= 0.6 is 23.4 Å². The van der Waals surface area contributed by atoms with E-state index in [9.17, 15) is 14.9 Å². The number of para-hydroxylation sites is 2. The summed E-state index contributed by atoms with van der Waals surface area (Å²) >= 11 is 7.33. The van der Waals surface area contributed by atoms with Gasteiger partial charge in [-0.05, 0) is 42.1 Å². The second kappa shape index (κ2) is 8.66. The van der Waals surface area contributed by atoms with E-state index in [4.69, 9.17) is 20.8 Å². The maximum Gasteiger partial charge on any atom is 0.270 e. The number of halogens is 1. The minimum atomic E-state index is -0.520. The molecule has 8 nitrogen and oxygen atoms in total. The summed E-state index contributed by atoms with van der Waals surface area (Å²) in [6, 6.07) is 14.7. The molecule has 2 heterocycles. The molecule has 31 heavy (non-hydrogen) atoms. The number of furan rings is 1. The van der Waals surface area contributed by atoms with Gasteiger partial charge in [-0.1, -0.05) is 23.7 Å². The van der Waals surface area contributed by atoms with Crippen LogP contribution in [0, 0.1) is 10.1 Å². The Hall–Kier alpha value is -3.56. The molecule has 1 amide bonds. The van der Waals surface area contributed by atoms with E-state index in [1.54, 1.807) is 37.5 Å². The number of nitrogens with zero attached hydrogens (tertiary/aromatic N) is 2. The second-order valence-electron chi connectivity index (χ2n) is 6.28. The Morgan fingerprint density at radius 3 is 2.77 bits per heavy atom. The first-order valence-electron chi connectivity index (χ1n) is 8.91. The zero-order chi connectivity index (χ0) is 22.0. The number of amides is 1. The van der Waals surface area contributed by atoms with Gasteiger partial charge in [0.25, 0.3) is 11.6 Å². The van der Waals surface area contributed by atoms with E-state index in [1.807, 2.05) is 12.1 Å². The van der Waals surface area contributed by atoms with Crippen LogP contribution < -0.4 is 10.1 Å². The molecule has 10 heteroatoms. The lowest BCUT2D eigenvalue weighted by molar-refractivity contribution is -0.384. The number of non-ortho nitro benzene ring substituents is 1. The van der Waals surface area contributed by atoms with Gasteiger partial charge < -0.3 is 14.5 Å². The number of aliphatic imine (C=N–C) groups is 1. The summed E-state index contributed by atoms with van der Waals surface area (Å²) in [4.78, 5) is 27.5. The van der Waals surface area contributed by atoms with Crippen molar-refractivity contribution in [3.05, 3.63) is 80.4 Å². The summed E-state index contributed by atoms with van der Waals surface area (Å²) in [6.45, 7) is 0. The van der Waals surface area contributed by atoms with Gasteiger partial charge in [-0.3, -0.25) is 14.9 Å². The minimum Gasteiger partial charge on any atom is -0.494 e. The third-order valence-electron chi connectivity index (χ3n) is 4.29. The molecule has 156 valence electrons. The number of ether oxygens (including phenoxy) is 1. The standard InChI is InChI=1S/C21H14ClN3O5S/c1-29-18-5-3-2-4-16(18)23-21-24-20(26)19(31-21)11-13-7-9-17(30-13)14-8-6-12(25(27)28)10-15(14)22/h2-11H,1H3,(H,23,24,26)/b19-11-. The maximum absolute atomic E-state index is 12.3. The first-order valence-corrected chi connectivity index (χ1v) is 10.1. The monoisotopic (exact) mass is 455 g/mol. The van der Waals surface area contributed by atoms with E-state index in [0.717, 1.165) is 0 Å². The van der Waals surface area contributed by atoms with Crippen molar-refractivity contribution in [3.8, 4) is 17.1 Å². The number of carbonyl (C=O) groups is 1. The molecule has 0 spiro atoms. The normalized spacial score (nSPS) is 16.0. The van der Waals surface area contributed by atoms with Gasteiger partial charge in [0, 0.05) is 23.8 Å². The number of hydrogen-bond donors (Lipinski definition) is 1. The summed E-state index contributed by atoms with van der Waals surface area (Å²) in [5.41, 5.74) is 1.00. The van der Waals surface area contributed by atoms with Crippen LogP contribution in [0.3, 0.4) is 0 Å². The Kier molecular flexibility index (Phi) is 5.79. The van der Waals surface area contributed by atoms with Crippen LogP contribution in [0.4, 0.5) is 11.4 Å². The molecule has 0 radical (unpaired) electrons. The highest BCUT2D eigenvalue weighted by atomic mass is 35.5. The summed E-state index contributed by atoms with van der Waals surface area (Å²) in [6.07, 6.45) is 1.59. The van der Waals surface area contributed by atoms with Gasteiger partial charge in [-0.25, -0.2) is 4.99 Å². The lowest BCUT2D eigenvalue weighted by Gasteiger charge is -2.03. The Labute approximate surface area is 185 Å². The molecule has 0 aliphatic carbocycles. The smallest absolute Gasteiger partial charge is 0.270 e. The number of hydrogen-bond acceptors (Lipinski definition) is 7. The van der Waals surface area contributed by atoms with E-state index in [-0.39, 0.29) is 16.6 Å². The fraction of sp³-hybridized carbons (Fsp3) is 0.0476. The Morgan fingerprint density at radius 1 is 1.23 bits per heavy atom. The average molecular weight is 456 g/mol. The Balaban J connectivity index is 1.56. The summed E-state index contributed by atoms with van der Waals surface area (Å²) in [5.74, 6) is 1.15. The van der Waals surface area contributed by atoms with Gasteiger partial charge in [-0.2, -0.15) is 0 Å². The zero-order valence-corrected chi connectivity index (χ0v) is 17.6. The zero-order valence-electron chi connectivity index (χ0n) is 16.0. The van der Waals surface area contributed by atoms with Crippen LogP contribution in [0.5, 0.6) is 5.75 Å². The molecular weight excluding hydrogens is 442 g/mol. The minimum absolute atomic E-state index is 0.108. The van der Waals surface area contributed by atoms with Gasteiger partial charge in [0.2, 0.25) is 0 Å². The van der Waals surface area contributed by atoms with Gasteiger partial charge in [-0.15, -0.1) is 0 Å². The van der Waals surface area contributed by atoms with Crippen molar-refractivity contribution in [2.24, 2.45) is 4.99 Å². The number of nitro groups is 1. The number of amidine groups is 1. The average Bonchev–Trinajstić information content (AvgIpc) is 3.35. The number of nitrogens with one attached hydrogen (secondary N) is 1. The molecule has 3 aromatic rings. The summed E-state index contributed by atoms with van der Waals surface area (Å²) in [7, 11) is 1.55. The SMILES string of the molecule is COc1ccccc1N=C1NC(=O)/C(=C/c2ccc(-c3ccc([N+](=O)[O-])cc3Cl)o2)S1. The van der Waals surface area contributed by atoms with Crippen LogP contribution in [0.2, 0.25) is 5.02 Å². The third kappa shape index (κ3) is 4.47. The lowest BCUT2D eigenvalue weighted by atomic mass is 10.1. The molecule has 0 bridgehead atoms. The molecule has 0 saturated carbocycles. The van der Waals surface area contributed by atoms with Crippen molar-refractivity contribution in [1.82, 2.24) is 5.32 Å². The fourth-order valence-electron chi connectivity index (χ4n) is 2.83. The van der Waals surface area contributed by atoms with E-state index in [2.05, 4.69) is 10.3 Å². The Morgan fingerprint density at radius 2 is 2.03 bits per heavy atom. The third-order valence-corrected chi connectivity index (χ3v) is 5.51. The number of rotatable bonds is 5. The molecule has 1 aromatic heterocycles. The van der Waals surface area contributed by atoms with E-state index in [1.165, 1.54) is 30.0 Å². The fourth-order valence-corrected chi connectivity index (χ4v) is 3.92. The highest BCUT2D eigenvalue weighted by molar-refractivity contribution is 8.18. The number of thioether (sulfide) groups is 1. The molecule has 4 rings (SSSR count). The van der Waals surface area contributed by atoms with Crippen molar-refractivity contribution in [1.29, 1.82) is 0 Å². The highest BCUT2D eigenvalue weighted by Gasteiger charge is 2.25. The molecule has 1 fully saturated rings. The largest absolute Gasteiger partial charge is 0.494 e. The highest BCUT2D eigenvalue weighted by Crippen LogP contribution is 2.35. The topological polar surface area (TPSA) is 107 Å². The predicted molar refractivity (Wildman–Crippen MR) is 120 cm³/mol. The number of benzene rings is 2. The molecule has 1 aliphatic rings. The van der Waals surface area contributed by atoms with E-state index < -0.39 is 4.92 Å².